The van der Waals surface area contributed by atoms with Gasteiger partial charge in [0, 0.05) is 0 Å². The van der Waals surface area contributed by atoms with Crippen molar-refractivity contribution in [2.24, 2.45) is 0 Å². The average Bonchev–Trinajstić information content (AvgIpc) is 2.38. The Morgan fingerprint density at radius 2 is 2.00 bits per heavy atom. The third-order valence-corrected chi connectivity index (χ3v) is 2.52. The molecule has 0 unspecified atom stereocenters. The lowest BCUT2D eigenvalue weighted by atomic mass is 10.2. The first-order valence-electron chi connectivity index (χ1n) is 6.03. The van der Waals surface area contributed by atoms with Crippen molar-refractivity contribution in [2.45, 2.75) is 20.3 Å². The number of aryl methyl sites for hydroxylation is 1. The summed E-state index contributed by atoms with van der Waals surface area (Å²) in [6, 6.07) is 8.25. The van der Waals surface area contributed by atoms with Crippen LogP contribution in [0.1, 0.15) is 19.4 Å². The van der Waals surface area contributed by atoms with Crippen molar-refractivity contribution in [1.29, 1.82) is 0 Å². The van der Waals surface area contributed by atoms with E-state index in [1.807, 2.05) is 36.2 Å². The summed E-state index contributed by atoms with van der Waals surface area (Å²) in [4.78, 5) is 2.00. The van der Waals surface area contributed by atoms with Gasteiger partial charge in [0.25, 0.3) is 0 Å². The molecule has 0 aliphatic carbocycles. The van der Waals surface area contributed by atoms with Gasteiger partial charge >= 0.3 is 0 Å². The van der Waals surface area contributed by atoms with Gasteiger partial charge in [-0.15, -0.1) is 0 Å². The molecular weight excluding hydrogens is 210 g/mol. The van der Waals surface area contributed by atoms with E-state index in [0.717, 1.165) is 18.7 Å². The molecule has 92 valence electrons. The third-order valence-electron chi connectivity index (χ3n) is 2.52. The largest absolute Gasteiger partial charge is 0.492 e. The van der Waals surface area contributed by atoms with Crippen LogP contribution in [0.5, 0.6) is 5.75 Å². The van der Waals surface area contributed by atoms with Crippen molar-refractivity contribution in [2.75, 3.05) is 13.2 Å². The van der Waals surface area contributed by atoms with Gasteiger partial charge in [0.1, 0.15) is 12.4 Å². The van der Waals surface area contributed by atoms with Gasteiger partial charge in [0.05, 0.1) is 6.54 Å². The summed E-state index contributed by atoms with van der Waals surface area (Å²) in [6.07, 6.45) is 6.82. The van der Waals surface area contributed by atoms with E-state index >= 15 is 0 Å². The third kappa shape index (κ3) is 4.77. The zero-order valence-corrected chi connectivity index (χ0v) is 10.7. The molecule has 0 saturated heterocycles. The molecule has 17 heavy (non-hydrogen) atoms. The van der Waals surface area contributed by atoms with Gasteiger partial charge in [0.15, 0.2) is 0 Å². The van der Waals surface area contributed by atoms with Crippen molar-refractivity contribution >= 4 is 0 Å². The topological polar surface area (TPSA) is 12.5 Å². The number of nitrogens with zero attached hydrogens (tertiary/aromatic N) is 1. The summed E-state index contributed by atoms with van der Waals surface area (Å²) < 4.78 is 5.66. The lowest BCUT2D eigenvalue weighted by Gasteiger charge is -2.15. The summed E-state index contributed by atoms with van der Waals surface area (Å²) in [7, 11) is 0. The lowest BCUT2D eigenvalue weighted by molar-refractivity contribution is 0.284. The Hall–Kier alpha value is -1.70. The van der Waals surface area contributed by atoms with Crippen LogP contribution >= 0.6 is 0 Å². The molecule has 1 aromatic carbocycles. The molecule has 0 bridgehead atoms. The normalized spacial score (nSPS) is 10.5. The van der Waals surface area contributed by atoms with E-state index in [1.165, 1.54) is 5.56 Å². The summed E-state index contributed by atoms with van der Waals surface area (Å²) >= 11 is 0. The Kier molecular flexibility index (Phi) is 5.94. The molecule has 0 aliphatic heterocycles. The molecule has 0 radical (unpaired) electrons. The van der Waals surface area contributed by atoms with E-state index in [-0.39, 0.29) is 0 Å². The second kappa shape index (κ2) is 7.55. The van der Waals surface area contributed by atoms with Crippen LogP contribution < -0.4 is 4.74 Å². The Balaban J connectivity index is 2.36. The van der Waals surface area contributed by atoms with Gasteiger partial charge in [-0.05, 0) is 43.4 Å². The minimum Gasteiger partial charge on any atom is -0.492 e. The Morgan fingerprint density at radius 1 is 1.29 bits per heavy atom. The summed E-state index contributed by atoms with van der Waals surface area (Å²) in [5.41, 5.74) is 1.33. The van der Waals surface area contributed by atoms with Crippen LogP contribution in [0.15, 0.2) is 49.3 Å². The maximum atomic E-state index is 5.66. The molecule has 0 N–H and O–H groups in total. The van der Waals surface area contributed by atoms with Gasteiger partial charge in [-0.3, -0.25) is 0 Å². The van der Waals surface area contributed by atoms with Crippen LogP contribution in [0.3, 0.4) is 0 Å². The van der Waals surface area contributed by atoms with Crippen LogP contribution in [-0.4, -0.2) is 18.1 Å². The summed E-state index contributed by atoms with van der Waals surface area (Å²) in [6.45, 7) is 9.35. The fraction of sp³-hybridized carbons (Fsp3) is 0.333. The van der Waals surface area contributed by atoms with Crippen molar-refractivity contribution in [3.8, 4) is 5.75 Å². The van der Waals surface area contributed by atoms with E-state index in [0.29, 0.717) is 6.61 Å². The number of rotatable bonds is 7. The molecule has 0 fully saturated rings. The first-order valence-corrected chi connectivity index (χ1v) is 6.03. The van der Waals surface area contributed by atoms with E-state index in [1.54, 1.807) is 6.20 Å². The van der Waals surface area contributed by atoms with E-state index < -0.39 is 0 Å². The van der Waals surface area contributed by atoms with Gasteiger partial charge in [-0.2, -0.15) is 0 Å². The molecule has 0 heterocycles. The second-order valence-electron chi connectivity index (χ2n) is 3.75. The Labute approximate surface area is 104 Å². The van der Waals surface area contributed by atoms with Gasteiger partial charge in [-0.25, -0.2) is 0 Å². The van der Waals surface area contributed by atoms with Crippen LogP contribution in [-0.2, 0) is 6.42 Å². The molecule has 0 spiro atoms. The monoisotopic (exact) mass is 231 g/mol. The van der Waals surface area contributed by atoms with Crippen LogP contribution in [0.2, 0.25) is 0 Å². The predicted octanol–water partition coefficient (Wildman–Crippen LogP) is 3.61. The zero-order chi connectivity index (χ0) is 12.5. The Bertz CT molecular complexity index is 354. The number of ether oxygens (including phenoxy) is 1. The van der Waals surface area contributed by atoms with Gasteiger partial charge < -0.3 is 9.64 Å². The highest BCUT2D eigenvalue weighted by Crippen LogP contribution is 2.12. The first kappa shape index (κ1) is 13.4. The molecular formula is C15H21NO. The number of benzene rings is 1. The first-order chi connectivity index (χ1) is 8.30. The maximum Gasteiger partial charge on any atom is 0.119 e. The standard InChI is InChI=1S/C15H21NO/c1-4-11-16(6-3)12-13-17-15-9-7-14(5-2)8-10-15/h4,6-11H,3,5,12-13H2,1-2H3/b11-4-. The average molecular weight is 231 g/mol. The van der Waals surface area contributed by atoms with Crippen molar-refractivity contribution in [3.63, 3.8) is 0 Å². The van der Waals surface area contributed by atoms with E-state index in [2.05, 4.69) is 25.6 Å². The highest BCUT2D eigenvalue weighted by Gasteiger charge is 1.96. The molecule has 1 rings (SSSR count). The number of allylic oxidation sites excluding steroid dienone is 1. The molecule has 0 atom stereocenters. The summed E-state index contributed by atoms with van der Waals surface area (Å²) in [5.74, 6) is 0.923. The quantitative estimate of drug-likeness (QED) is 0.711. The number of hydrogen-bond acceptors (Lipinski definition) is 2. The van der Waals surface area contributed by atoms with Crippen molar-refractivity contribution in [1.82, 2.24) is 4.90 Å². The maximum absolute atomic E-state index is 5.66. The minimum atomic E-state index is 0.655. The van der Waals surface area contributed by atoms with Crippen LogP contribution in [0, 0.1) is 0 Å². The molecule has 0 aromatic heterocycles. The lowest BCUT2D eigenvalue weighted by Crippen LogP contribution is -2.17. The SMILES string of the molecule is C=CN(/C=C\C)CCOc1ccc(CC)cc1. The predicted molar refractivity (Wildman–Crippen MR) is 73.0 cm³/mol. The van der Waals surface area contributed by atoms with E-state index in [9.17, 15) is 0 Å². The fourth-order valence-corrected chi connectivity index (χ4v) is 1.51. The van der Waals surface area contributed by atoms with Crippen molar-refractivity contribution < 1.29 is 4.74 Å². The molecule has 1 aromatic rings. The molecule has 2 heteroatoms. The minimum absolute atomic E-state index is 0.655. The zero-order valence-electron chi connectivity index (χ0n) is 10.7. The second-order valence-corrected chi connectivity index (χ2v) is 3.75. The highest BCUT2D eigenvalue weighted by atomic mass is 16.5. The molecule has 0 aliphatic rings. The van der Waals surface area contributed by atoms with Gasteiger partial charge in [-0.1, -0.05) is 31.7 Å². The van der Waals surface area contributed by atoms with Crippen LogP contribution in [0.25, 0.3) is 0 Å². The molecule has 0 saturated carbocycles. The van der Waals surface area contributed by atoms with Crippen LogP contribution in [0.4, 0.5) is 0 Å². The number of hydrogen-bond donors (Lipinski definition) is 0. The smallest absolute Gasteiger partial charge is 0.119 e. The highest BCUT2D eigenvalue weighted by molar-refractivity contribution is 5.27. The fourth-order valence-electron chi connectivity index (χ4n) is 1.51. The summed E-state index contributed by atoms with van der Waals surface area (Å²) in [5, 5.41) is 0. The molecule has 2 nitrogen and oxygen atoms in total. The molecule has 0 amide bonds. The van der Waals surface area contributed by atoms with Crippen molar-refractivity contribution in [3.05, 3.63) is 54.9 Å². The van der Waals surface area contributed by atoms with E-state index in [4.69, 9.17) is 4.74 Å². The Morgan fingerprint density at radius 3 is 2.53 bits per heavy atom. The van der Waals surface area contributed by atoms with Gasteiger partial charge in [0.2, 0.25) is 0 Å².